The first-order chi connectivity index (χ1) is 8.77. The van der Waals surface area contributed by atoms with Gasteiger partial charge in [0.2, 0.25) is 0 Å². The first kappa shape index (κ1) is 11.7. The highest BCUT2D eigenvalue weighted by molar-refractivity contribution is 5.91. The minimum absolute atomic E-state index is 0.191. The van der Waals surface area contributed by atoms with Gasteiger partial charge in [0.15, 0.2) is 0 Å². The molecule has 0 aliphatic heterocycles. The van der Waals surface area contributed by atoms with Gasteiger partial charge in [-0.25, -0.2) is 19.4 Å². The molecular formula is C12H8N2O4. The van der Waals surface area contributed by atoms with E-state index in [1.807, 2.05) is 0 Å². The van der Waals surface area contributed by atoms with E-state index in [-0.39, 0.29) is 11.1 Å². The van der Waals surface area contributed by atoms with Crippen LogP contribution in [-0.4, -0.2) is 21.9 Å². The predicted molar refractivity (Wildman–Crippen MR) is 59.3 cm³/mol. The third-order valence-electron chi connectivity index (χ3n) is 1.99. The zero-order valence-corrected chi connectivity index (χ0v) is 9.15. The van der Waals surface area contributed by atoms with E-state index in [0.29, 0.717) is 0 Å². The second-order valence-corrected chi connectivity index (χ2v) is 3.22. The zero-order chi connectivity index (χ0) is 12.8. The first-order valence-electron chi connectivity index (χ1n) is 5.00. The lowest BCUT2D eigenvalue weighted by atomic mass is 10.3. The SMILES string of the molecule is O=C(OOC(=O)c1cccnc1)c1cccnc1. The van der Waals surface area contributed by atoms with Gasteiger partial charge in [-0.15, -0.1) is 0 Å². The summed E-state index contributed by atoms with van der Waals surface area (Å²) in [7, 11) is 0. The van der Waals surface area contributed by atoms with Crippen LogP contribution in [0.3, 0.4) is 0 Å². The Labute approximate surface area is 102 Å². The molecule has 6 nitrogen and oxygen atoms in total. The Hall–Kier alpha value is -2.76. The Kier molecular flexibility index (Phi) is 3.60. The Morgan fingerprint density at radius 3 is 1.61 bits per heavy atom. The molecule has 2 aromatic rings. The fourth-order valence-corrected chi connectivity index (χ4v) is 1.14. The molecular weight excluding hydrogens is 236 g/mol. The minimum Gasteiger partial charge on any atom is -0.264 e. The molecule has 0 amide bonds. The second-order valence-electron chi connectivity index (χ2n) is 3.22. The van der Waals surface area contributed by atoms with Crippen LogP contribution < -0.4 is 0 Å². The van der Waals surface area contributed by atoms with Crippen LogP contribution in [0.2, 0.25) is 0 Å². The summed E-state index contributed by atoms with van der Waals surface area (Å²) in [5.74, 6) is -1.58. The van der Waals surface area contributed by atoms with Crippen molar-refractivity contribution in [2.45, 2.75) is 0 Å². The molecule has 18 heavy (non-hydrogen) atoms. The standard InChI is InChI=1S/C12H8N2O4/c15-11(9-3-1-5-13-7-9)17-18-12(16)10-4-2-6-14-8-10/h1-8H. The summed E-state index contributed by atoms with van der Waals surface area (Å²) in [5, 5.41) is 0. The molecule has 0 spiro atoms. The van der Waals surface area contributed by atoms with Gasteiger partial charge < -0.3 is 0 Å². The third-order valence-corrected chi connectivity index (χ3v) is 1.99. The summed E-state index contributed by atoms with van der Waals surface area (Å²) in [6, 6.07) is 6.12. The Balaban J connectivity index is 1.93. The second kappa shape index (κ2) is 5.53. The molecule has 0 radical (unpaired) electrons. The average Bonchev–Trinajstić information content (AvgIpc) is 2.46. The highest BCUT2D eigenvalue weighted by Gasteiger charge is 2.13. The number of rotatable bonds is 2. The number of aromatic nitrogens is 2. The van der Waals surface area contributed by atoms with E-state index in [2.05, 4.69) is 19.7 Å². The van der Waals surface area contributed by atoms with Gasteiger partial charge in [0.25, 0.3) is 0 Å². The summed E-state index contributed by atoms with van der Waals surface area (Å²) >= 11 is 0. The van der Waals surface area contributed by atoms with E-state index in [1.54, 1.807) is 12.1 Å². The molecule has 90 valence electrons. The van der Waals surface area contributed by atoms with Crippen molar-refractivity contribution in [1.82, 2.24) is 9.97 Å². The van der Waals surface area contributed by atoms with Gasteiger partial charge in [0, 0.05) is 24.8 Å². The lowest BCUT2D eigenvalue weighted by Crippen LogP contribution is -2.12. The molecule has 0 N–H and O–H groups in total. The molecule has 2 rings (SSSR count). The predicted octanol–water partition coefficient (Wildman–Crippen LogP) is 1.41. The number of hydrogen-bond acceptors (Lipinski definition) is 6. The van der Waals surface area contributed by atoms with Gasteiger partial charge in [0.1, 0.15) is 0 Å². The van der Waals surface area contributed by atoms with E-state index in [0.717, 1.165) is 0 Å². The summed E-state index contributed by atoms with van der Waals surface area (Å²) in [4.78, 5) is 39.1. The number of nitrogens with zero attached hydrogens (tertiary/aromatic N) is 2. The van der Waals surface area contributed by atoms with E-state index < -0.39 is 11.9 Å². The van der Waals surface area contributed by atoms with Crippen molar-refractivity contribution in [3.05, 3.63) is 60.2 Å². The van der Waals surface area contributed by atoms with Crippen LogP contribution in [0.25, 0.3) is 0 Å². The van der Waals surface area contributed by atoms with Crippen molar-refractivity contribution in [1.29, 1.82) is 0 Å². The van der Waals surface area contributed by atoms with Crippen molar-refractivity contribution in [2.75, 3.05) is 0 Å². The molecule has 0 aliphatic carbocycles. The highest BCUT2D eigenvalue weighted by atomic mass is 17.2. The number of carbonyl (C=O) groups excluding carboxylic acids is 2. The zero-order valence-electron chi connectivity index (χ0n) is 9.15. The quantitative estimate of drug-likeness (QED) is 0.587. The van der Waals surface area contributed by atoms with Crippen LogP contribution in [0.4, 0.5) is 0 Å². The largest absolute Gasteiger partial charge is 0.387 e. The minimum atomic E-state index is -0.791. The van der Waals surface area contributed by atoms with Crippen LogP contribution >= 0.6 is 0 Å². The Bertz CT molecular complexity index is 491. The van der Waals surface area contributed by atoms with E-state index >= 15 is 0 Å². The van der Waals surface area contributed by atoms with Gasteiger partial charge in [-0.3, -0.25) is 9.97 Å². The molecule has 0 atom stereocenters. The van der Waals surface area contributed by atoms with Gasteiger partial charge in [0.05, 0.1) is 11.1 Å². The molecule has 2 heterocycles. The number of pyridine rings is 2. The van der Waals surface area contributed by atoms with Crippen LogP contribution in [0, 0.1) is 0 Å². The van der Waals surface area contributed by atoms with Crippen molar-refractivity contribution >= 4 is 11.9 Å². The average molecular weight is 244 g/mol. The lowest BCUT2D eigenvalue weighted by Gasteiger charge is -2.02. The third kappa shape index (κ3) is 2.88. The summed E-state index contributed by atoms with van der Waals surface area (Å²) < 4.78 is 0. The van der Waals surface area contributed by atoms with E-state index in [4.69, 9.17) is 0 Å². The van der Waals surface area contributed by atoms with Gasteiger partial charge in [-0.05, 0) is 24.3 Å². The molecule has 0 saturated carbocycles. The molecule has 0 fully saturated rings. The number of hydrogen-bond donors (Lipinski definition) is 0. The monoisotopic (exact) mass is 244 g/mol. The maximum Gasteiger partial charge on any atom is 0.387 e. The van der Waals surface area contributed by atoms with E-state index in [1.165, 1.54) is 36.9 Å². The first-order valence-corrected chi connectivity index (χ1v) is 5.00. The van der Waals surface area contributed by atoms with Crippen LogP contribution in [0.5, 0.6) is 0 Å². The van der Waals surface area contributed by atoms with Crippen molar-refractivity contribution in [2.24, 2.45) is 0 Å². The fourth-order valence-electron chi connectivity index (χ4n) is 1.14. The maximum absolute atomic E-state index is 11.4. The maximum atomic E-state index is 11.4. The van der Waals surface area contributed by atoms with Crippen molar-refractivity contribution in [3.63, 3.8) is 0 Å². The molecule has 0 aliphatic rings. The van der Waals surface area contributed by atoms with Gasteiger partial charge in [-0.2, -0.15) is 0 Å². The Morgan fingerprint density at radius 2 is 1.28 bits per heavy atom. The van der Waals surface area contributed by atoms with Gasteiger partial charge in [-0.1, -0.05) is 0 Å². The fraction of sp³-hybridized carbons (Fsp3) is 0. The highest BCUT2D eigenvalue weighted by Crippen LogP contribution is 2.03. The molecule has 2 aromatic heterocycles. The normalized spacial score (nSPS) is 9.56. The van der Waals surface area contributed by atoms with Crippen LogP contribution in [0.1, 0.15) is 20.7 Å². The molecule has 6 heteroatoms. The van der Waals surface area contributed by atoms with Crippen molar-refractivity contribution < 1.29 is 19.4 Å². The topological polar surface area (TPSA) is 78.4 Å². The lowest BCUT2D eigenvalue weighted by molar-refractivity contribution is -0.187. The Morgan fingerprint density at radius 1 is 0.833 bits per heavy atom. The summed E-state index contributed by atoms with van der Waals surface area (Å²) in [6.07, 6.45) is 5.64. The van der Waals surface area contributed by atoms with Gasteiger partial charge >= 0.3 is 11.9 Å². The van der Waals surface area contributed by atoms with Crippen LogP contribution in [0.15, 0.2) is 49.1 Å². The number of carbonyl (C=O) groups is 2. The molecule has 0 unspecified atom stereocenters. The van der Waals surface area contributed by atoms with E-state index in [9.17, 15) is 9.59 Å². The van der Waals surface area contributed by atoms with Crippen LogP contribution in [-0.2, 0) is 9.78 Å². The molecule has 0 aromatic carbocycles. The molecule has 0 saturated heterocycles. The molecule has 0 bridgehead atoms. The summed E-state index contributed by atoms with van der Waals surface area (Å²) in [6.45, 7) is 0. The summed E-state index contributed by atoms with van der Waals surface area (Å²) in [5.41, 5.74) is 0.382. The smallest absolute Gasteiger partial charge is 0.264 e. The van der Waals surface area contributed by atoms with Crippen molar-refractivity contribution in [3.8, 4) is 0 Å².